The minimum absolute atomic E-state index is 0.190. The van der Waals surface area contributed by atoms with Crippen molar-refractivity contribution in [3.05, 3.63) is 77.4 Å². The van der Waals surface area contributed by atoms with Gasteiger partial charge in [-0.25, -0.2) is 0 Å². The van der Waals surface area contributed by atoms with Gasteiger partial charge in [-0.15, -0.1) is 0 Å². The molecular formula is C33H41N3O4+2. The molecule has 2 fully saturated rings. The summed E-state index contributed by atoms with van der Waals surface area (Å²) in [6.45, 7) is 5.93. The van der Waals surface area contributed by atoms with Crippen molar-refractivity contribution in [2.24, 2.45) is 0 Å². The molecule has 1 atom stereocenters. The van der Waals surface area contributed by atoms with E-state index in [1.54, 1.807) is 0 Å². The molecule has 3 aliphatic rings. The van der Waals surface area contributed by atoms with Crippen LogP contribution in [-0.2, 0) is 0 Å². The highest BCUT2D eigenvalue weighted by Gasteiger charge is 2.34. The molecule has 2 aliphatic heterocycles. The number of hydrogen-bond acceptors (Lipinski definition) is 4. The number of aliphatic hydroxyl groups excluding tert-OH is 1. The molecule has 2 heterocycles. The van der Waals surface area contributed by atoms with Gasteiger partial charge in [0.15, 0.2) is 0 Å². The van der Waals surface area contributed by atoms with Gasteiger partial charge in [-0.05, 0) is 54.0 Å². The third-order valence-electron chi connectivity index (χ3n) is 9.13. The van der Waals surface area contributed by atoms with E-state index in [9.17, 15) is 14.7 Å². The average Bonchev–Trinajstić information content (AvgIpc) is 3.00. The highest BCUT2D eigenvalue weighted by molar-refractivity contribution is 6.25. The number of benzene rings is 3. The quantitative estimate of drug-likeness (QED) is 0.360. The van der Waals surface area contributed by atoms with Crippen LogP contribution in [0.2, 0.25) is 0 Å². The lowest BCUT2D eigenvalue weighted by Gasteiger charge is -2.32. The molecule has 6 rings (SSSR count). The van der Waals surface area contributed by atoms with Crippen molar-refractivity contribution in [3.63, 3.8) is 0 Å². The molecule has 1 saturated carbocycles. The zero-order valence-electron chi connectivity index (χ0n) is 23.2. The van der Waals surface area contributed by atoms with Gasteiger partial charge in [0.2, 0.25) is 0 Å². The number of quaternary nitrogens is 2. The summed E-state index contributed by atoms with van der Waals surface area (Å²) in [5, 5.41) is 12.3. The van der Waals surface area contributed by atoms with Gasteiger partial charge in [0, 0.05) is 16.5 Å². The van der Waals surface area contributed by atoms with Gasteiger partial charge in [0.05, 0.1) is 13.1 Å². The van der Waals surface area contributed by atoms with Crippen molar-refractivity contribution in [3.8, 4) is 5.75 Å². The molecular weight excluding hydrogens is 502 g/mol. The number of ether oxygens (including phenoxy) is 1. The second kappa shape index (κ2) is 12.1. The van der Waals surface area contributed by atoms with Crippen LogP contribution in [0.4, 0.5) is 0 Å². The first kappa shape index (κ1) is 26.9. The minimum atomic E-state index is -0.513. The molecule has 1 saturated heterocycles. The number of imide groups is 1. The Balaban J connectivity index is 0.936. The normalized spacial score (nSPS) is 22.5. The number of nitrogens with one attached hydrogen (secondary N) is 2. The van der Waals surface area contributed by atoms with Crippen LogP contribution in [0.25, 0.3) is 10.8 Å². The number of hydrogen-bond donors (Lipinski definition) is 3. The minimum Gasteiger partial charge on any atom is -0.491 e. The fourth-order valence-corrected chi connectivity index (χ4v) is 6.82. The lowest BCUT2D eigenvalue weighted by atomic mass is 9.84. The van der Waals surface area contributed by atoms with E-state index in [4.69, 9.17) is 4.74 Å². The number of piperazine rings is 1. The van der Waals surface area contributed by atoms with Crippen molar-refractivity contribution >= 4 is 22.6 Å². The van der Waals surface area contributed by atoms with Crippen LogP contribution in [0.1, 0.15) is 64.3 Å². The van der Waals surface area contributed by atoms with Crippen LogP contribution < -0.4 is 14.5 Å². The molecule has 0 bridgehead atoms. The molecule has 2 amide bonds. The van der Waals surface area contributed by atoms with Gasteiger partial charge in [-0.2, -0.15) is 0 Å². The van der Waals surface area contributed by atoms with Crippen molar-refractivity contribution in [2.75, 3.05) is 52.4 Å². The molecule has 0 aromatic heterocycles. The molecule has 3 N–H and O–H groups in total. The SMILES string of the molecule is O=C1c2cccc3cccc(c23)C(=O)N1CC[NH+]1CC[NH+](C[C@H](O)COc2ccc(C3CCCCC3)cc2)CC1. The van der Waals surface area contributed by atoms with Crippen molar-refractivity contribution < 1.29 is 29.2 Å². The maximum atomic E-state index is 13.2. The zero-order chi connectivity index (χ0) is 27.5. The van der Waals surface area contributed by atoms with E-state index in [2.05, 4.69) is 12.1 Å². The highest BCUT2D eigenvalue weighted by Crippen LogP contribution is 2.33. The second-order valence-corrected chi connectivity index (χ2v) is 11.8. The topological polar surface area (TPSA) is 75.7 Å². The summed E-state index contributed by atoms with van der Waals surface area (Å²) < 4.78 is 5.91. The highest BCUT2D eigenvalue weighted by atomic mass is 16.5. The fourth-order valence-electron chi connectivity index (χ4n) is 6.82. The Morgan fingerprint density at radius 3 is 2.10 bits per heavy atom. The molecule has 3 aromatic rings. The predicted octanol–water partition coefficient (Wildman–Crippen LogP) is 1.71. The van der Waals surface area contributed by atoms with Crippen LogP contribution in [-0.4, -0.2) is 80.3 Å². The van der Waals surface area contributed by atoms with E-state index < -0.39 is 6.10 Å². The second-order valence-electron chi connectivity index (χ2n) is 11.8. The largest absolute Gasteiger partial charge is 0.491 e. The molecule has 7 heteroatoms. The number of carbonyl (C=O) groups excluding carboxylic acids is 2. The lowest BCUT2D eigenvalue weighted by Crippen LogP contribution is -3.28. The van der Waals surface area contributed by atoms with Crippen molar-refractivity contribution in [1.29, 1.82) is 0 Å². The predicted molar refractivity (Wildman–Crippen MR) is 154 cm³/mol. The van der Waals surface area contributed by atoms with E-state index in [1.807, 2.05) is 48.5 Å². The molecule has 7 nitrogen and oxygen atoms in total. The number of nitrogens with zero attached hydrogens (tertiary/aromatic N) is 1. The van der Waals surface area contributed by atoms with E-state index in [0.29, 0.717) is 36.7 Å². The Labute approximate surface area is 236 Å². The molecule has 210 valence electrons. The first-order valence-corrected chi connectivity index (χ1v) is 15.0. The lowest BCUT2D eigenvalue weighted by molar-refractivity contribution is -1.01. The van der Waals surface area contributed by atoms with Gasteiger partial charge in [0.25, 0.3) is 11.8 Å². The fraction of sp³-hybridized carbons (Fsp3) is 0.455. The Hall–Kier alpha value is -3.26. The van der Waals surface area contributed by atoms with Gasteiger partial charge in [-0.1, -0.05) is 55.7 Å². The van der Waals surface area contributed by atoms with E-state index >= 15 is 0 Å². The molecule has 1 aliphatic carbocycles. The molecule has 0 radical (unpaired) electrons. The van der Waals surface area contributed by atoms with Crippen LogP contribution >= 0.6 is 0 Å². The summed E-state index contributed by atoms with van der Waals surface area (Å²) in [6, 6.07) is 19.8. The molecule has 0 unspecified atom stereocenters. The van der Waals surface area contributed by atoms with Gasteiger partial charge in [0.1, 0.15) is 51.2 Å². The third-order valence-corrected chi connectivity index (χ3v) is 9.13. The first-order chi connectivity index (χ1) is 19.6. The number of rotatable bonds is 9. The Bertz CT molecular complexity index is 1290. The Morgan fingerprint density at radius 2 is 1.45 bits per heavy atom. The number of aliphatic hydroxyl groups is 1. The summed E-state index contributed by atoms with van der Waals surface area (Å²) >= 11 is 0. The van der Waals surface area contributed by atoms with Crippen molar-refractivity contribution in [1.82, 2.24) is 4.90 Å². The van der Waals surface area contributed by atoms with Gasteiger partial charge < -0.3 is 19.6 Å². The van der Waals surface area contributed by atoms with E-state index in [0.717, 1.165) is 49.2 Å². The Morgan fingerprint density at radius 1 is 0.825 bits per heavy atom. The Kier molecular flexibility index (Phi) is 8.14. The molecule has 40 heavy (non-hydrogen) atoms. The summed E-state index contributed by atoms with van der Waals surface area (Å²) in [4.78, 5) is 30.5. The van der Waals surface area contributed by atoms with Gasteiger partial charge in [-0.3, -0.25) is 14.5 Å². The third kappa shape index (κ3) is 5.78. The maximum Gasteiger partial charge on any atom is 0.261 e. The molecule has 0 spiro atoms. The van der Waals surface area contributed by atoms with Crippen molar-refractivity contribution in [2.45, 2.75) is 44.1 Å². The summed E-state index contributed by atoms with van der Waals surface area (Å²) in [7, 11) is 0. The maximum absolute atomic E-state index is 13.2. The van der Waals surface area contributed by atoms with Crippen LogP contribution in [0, 0.1) is 0 Å². The molecule has 3 aromatic carbocycles. The van der Waals surface area contributed by atoms with Gasteiger partial charge >= 0.3 is 0 Å². The smallest absolute Gasteiger partial charge is 0.261 e. The monoisotopic (exact) mass is 543 g/mol. The average molecular weight is 544 g/mol. The standard InChI is InChI=1S/C33H39N3O4/c37-27(23-40-28-14-12-25(13-15-28)24-6-2-1-3-7-24)22-35-18-16-34(17-19-35)20-21-36-32(38)29-10-4-8-26-9-5-11-30(31(26)29)33(36)39/h4-5,8-15,24,27,37H,1-3,6-7,16-23H2/p+2/t27-/m0/s1. The van der Waals surface area contributed by atoms with Crippen LogP contribution in [0.5, 0.6) is 5.75 Å². The van der Waals surface area contributed by atoms with Crippen LogP contribution in [0.3, 0.4) is 0 Å². The summed E-state index contributed by atoms with van der Waals surface area (Å²) in [5.74, 6) is 1.13. The number of amides is 2. The van der Waals surface area contributed by atoms with E-state index in [1.165, 1.54) is 52.4 Å². The first-order valence-electron chi connectivity index (χ1n) is 15.0. The summed E-state index contributed by atoms with van der Waals surface area (Å²) in [6.07, 6.45) is 6.09. The summed E-state index contributed by atoms with van der Waals surface area (Å²) in [5.41, 5.74) is 2.65. The van der Waals surface area contributed by atoms with E-state index in [-0.39, 0.29) is 11.8 Å². The number of carbonyl (C=O) groups is 2. The van der Waals surface area contributed by atoms with Crippen LogP contribution in [0.15, 0.2) is 60.7 Å². The zero-order valence-corrected chi connectivity index (χ0v) is 23.2.